The minimum absolute atomic E-state index is 0.137. The molecule has 2 saturated heterocycles. The van der Waals surface area contributed by atoms with Gasteiger partial charge in [-0.3, -0.25) is 9.59 Å². The molecule has 8 nitrogen and oxygen atoms in total. The maximum absolute atomic E-state index is 12.9. The van der Waals surface area contributed by atoms with Crippen LogP contribution < -0.4 is 10.6 Å². The fourth-order valence-electron chi connectivity index (χ4n) is 12.0. The number of amides is 2. The molecule has 1 aromatic rings. The molecule has 6 aliphatic rings. The van der Waals surface area contributed by atoms with Crippen LogP contribution in [0, 0.1) is 52.3 Å². The minimum Gasteiger partial charge on any atom is -0.504 e. The summed E-state index contributed by atoms with van der Waals surface area (Å²) in [7, 11) is 0. The van der Waals surface area contributed by atoms with Gasteiger partial charge in [0.05, 0.1) is 12.7 Å². The van der Waals surface area contributed by atoms with Crippen LogP contribution in [0.15, 0.2) is 18.2 Å². The van der Waals surface area contributed by atoms with E-state index in [0.29, 0.717) is 53.6 Å². The first kappa shape index (κ1) is 32.2. The predicted molar refractivity (Wildman–Crippen MR) is 175 cm³/mol. The summed E-state index contributed by atoms with van der Waals surface area (Å²) >= 11 is 0. The van der Waals surface area contributed by atoms with E-state index < -0.39 is 0 Å². The summed E-state index contributed by atoms with van der Waals surface area (Å²) in [5.41, 5.74) is 1.46. The molecule has 12 atom stereocenters. The van der Waals surface area contributed by atoms with Crippen LogP contribution in [-0.4, -0.2) is 53.1 Å². The van der Waals surface area contributed by atoms with Crippen LogP contribution in [0.3, 0.4) is 0 Å². The molecule has 7 rings (SSSR count). The molecule has 1 unspecified atom stereocenters. The average Bonchev–Trinajstić information content (AvgIpc) is 3.46. The fourth-order valence-corrected chi connectivity index (χ4v) is 12.0. The van der Waals surface area contributed by atoms with Crippen molar-refractivity contribution in [3.63, 3.8) is 0 Å². The first-order valence-electron chi connectivity index (χ1n) is 18.3. The van der Waals surface area contributed by atoms with Gasteiger partial charge in [-0.25, -0.2) is 0 Å². The lowest BCUT2D eigenvalue weighted by atomic mass is 9.44. The van der Waals surface area contributed by atoms with Crippen molar-refractivity contribution in [2.75, 3.05) is 13.2 Å². The van der Waals surface area contributed by atoms with Crippen molar-refractivity contribution >= 4 is 11.8 Å². The molecular formula is C38H56N2O6. The molecule has 4 aliphatic carbocycles. The molecule has 4 N–H and O–H groups in total. The molecule has 1 aromatic carbocycles. The highest BCUT2D eigenvalue weighted by Gasteiger charge is 2.69. The van der Waals surface area contributed by atoms with E-state index in [2.05, 4.69) is 38.3 Å². The minimum atomic E-state index is -0.349. The first-order valence-corrected chi connectivity index (χ1v) is 18.3. The van der Waals surface area contributed by atoms with Gasteiger partial charge < -0.3 is 30.3 Å². The van der Waals surface area contributed by atoms with Crippen molar-refractivity contribution in [3.8, 4) is 11.5 Å². The number of carbonyl (C=O) groups is 2. The summed E-state index contributed by atoms with van der Waals surface area (Å²) in [6, 6.07) is 4.76. The number of hydrogen-bond acceptors (Lipinski definition) is 6. The Morgan fingerprint density at radius 1 is 0.913 bits per heavy atom. The van der Waals surface area contributed by atoms with E-state index in [4.69, 9.17) is 9.47 Å². The molecule has 2 heterocycles. The summed E-state index contributed by atoms with van der Waals surface area (Å²) in [6.07, 6.45) is 12.4. The van der Waals surface area contributed by atoms with Gasteiger partial charge in [0.15, 0.2) is 17.3 Å². The third-order valence-corrected chi connectivity index (χ3v) is 14.4. The third kappa shape index (κ3) is 5.43. The maximum Gasteiger partial charge on any atom is 0.229 e. The van der Waals surface area contributed by atoms with Gasteiger partial charge in [0.25, 0.3) is 0 Å². The van der Waals surface area contributed by atoms with E-state index in [-0.39, 0.29) is 41.6 Å². The number of fused-ring (bicyclic) bond motifs is 7. The van der Waals surface area contributed by atoms with Gasteiger partial charge in [-0.1, -0.05) is 33.8 Å². The van der Waals surface area contributed by atoms with E-state index in [1.54, 1.807) is 6.07 Å². The maximum atomic E-state index is 12.9. The number of carbonyl (C=O) groups excluding carboxylic acids is 2. The monoisotopic (exact) mass is 636 g/mol. The second-order valence-electron chi connectivity index (χ2n) is 16.8. The first-order chi connectivity index (χ1) is 21.9. The number of rotatable bonds is 6. The molecule has 2 aliphatic heterocycles. The zero-order chi connectivity index (χ0) is 32.4. The second-order valence-corrected chi connectivity index (χ2v) is 16.8. The van der Waals surface area contributed by atoms with Crippen molar-refractivity contribution in [3.05, 3.63) is 23.8 Å². The lowest BCUT2D eigenvalue weighted by molar-refractivity contribution is -0.273. The van der Waals surface area contributed by atoms with Gasteiger partial charge in [-0.15, -0.1) is 0 Å². The van der Waals surface area contributed by atoms with E-state index in [9.17, 15) is 19.8 Å². The largest absolute Gasteiger partial charge is 0.504 e. The lowest BCUT2D eigenvalue weighted by Gasteiger charge is -2.61. The molecule has 8 heteroatoms. The van der Waals surface area contributed by atoms with E-state index >= 15 is 0 Å². The Morgan fingerprint density at radius 3 is 2.48 bits per heavy atom. The van der Waals surface area contributed by atoms with Crippen LogP contribution in [-0.2, 0) is 25.5 Å². The number of hydrogen-bond donors (Lipinski definition) is 4. The lowest BCUT2D eigenvalue weighted by Crippen LogP contribution is -2.56. The highest BCUT2D eigenvalue weighted by molar-refractivity contribution is 5.96. The van der Waals surface area contributed by atoms with Crippen LogP contribution in [0.1, 0.15) is 104 Å². The Kier molecular flexibility index (Phi) is 8.39. The Balaban J connectivity index is 0.914. The number of aromatic hydroxyl groups is 2. The van der Waals surface area contributed by atoms with Crippen molar-refractivity contribution in [2.45, 2.75) is 123 Å². The van der Waals surface area contributed by atoms with Gasteiger partial charge in [0, 0.05) is 24.9 Å². The molecule has 0 bridgehead atoms. The molecule has 4 saturated carbocycles. The van der Waals surface area contributed by atoms with Crippen molar-refractivity contribution in [2.24, 2.45) is 52.3 Å². The number of phenolic OH excluding ortho intramolecular Hbond substituents is 2. The number of nitrogens with one attached hydrogen (secondary N) is 2. The van der Waals surface area contributed by atoms with Gasteiger partial charge in [-0.05, 0) is 128 Å². The summed E-state index contributed by atoms with van der Waals surface area (Å²) in [5.74, 6) is 3.37. The summed E-state index contributed by atoms with van der Waals surface area (Å²) < 4.78 is 13.5. The summed E-state index contributed by atoms with van der Waals surface area (Å²) in [4.78, 5) is 25.3. The van der Waals surface area contributed by atoms with Crippen LogP contribution in [0.2, 0.25) is 0 Å². The van der Waals surface area contributed by atoms with Crippen LogP contribution >= 0.6 is 0 Å². The van der Waals surface area contributed by atoms with Gasteiger partial charge in [0.1, 0.15) is 6.42 Å². The highest BCUT2D eigenvalue weighted by atomic mass is 16.7. The molecule has 1 spiro atoms. The van der Waals surface area contributed by atoms with E-state index in [1.165, 1.54) is 50.7 Å². The molecular weight excluding hydrogens is 580 g/mol. The Hall–Kier alpha value is -2.32. The van der Waals surface area contributed by atoms with Crippen molar-refractivity contribution < 1.29 is 29.3 Å². The van der Waals surface area contributed by atoms with Crippen LogP contribution in [0.25, 0.3) is 0 Å². The summed E-state index contributed by atoms with van der Waals surface area (Å²) in [5, 5.41) is 25.2. The average molecular weight is 637 g/mol. The second kappa shape index (κ2) is 12.0. The Labute approximate surface area is 274 Å². The van der Waals surface area contributed by atoms with Gasteiger partial charge in [-0.2, -0.15) is 0 Å². The zero-order valence-corrected chi connectivity index (χ0v) is 28.4. The topological polar surface area (TPSA) is 117 Å². The third-order valence-electron chi connectivity index (χ3n) is 14.4. The van der Waals surface area contributed by atoms with Crippen molar-refractivity contribution in [1.82, 2.24) is 10.6 Å². The summed E-state index contributed by atoms with van der Waals surface area (Å²) in [6.45, 7) is 11.1. The van der Waals surface area contributed by atoms with Gasteiger partial charge in [0.2, 0.25) is 11.8 Å². The standard InChI is InChI=1S/C38H56N2O6/c1-22-9-15-38(45-21-22)23(2)35-32(46-38)19-29-27-7-6-25-18-26(10-13-36(25,3)28(27)11-14-37(29,35)4)40-34(44)20-33(43)39-16-12-24-5-8-30(41)31(42)17-24/h5,8,17,22-23,25-29,32,35,41-42H,6-7,9-16,18-21H2,1-4H3,(H,39,43)(H,40,44)/t22-,23-,25+,26?,27+,28-,29-,32-,35-,36-,37-,38+/m0/s1. The zero-order valence-electron chi connectivity index (χ0n) is 28.4. The molecule has 254 valence electrons. The Bertz CT molecular complexity index is 1330. The Morgan fingerprint density at radius 2 is 1.72 bits per heavy atom. The van der Waals surface area contributed by atoms with Crippen LogP contribution in [0.5, 0.6) is 11.5 Å². The predicted octanol–water partition coefficient (Wildman–Crippen LogP) is 6.08. The van der Waals surface area contributed by atoms with Crippen LogP contribution in [0.4, 0.5) is 0 Å². The highest BCUT2D eigenvalue weighted by Crippen LogP contribution is 2.71. The normalized spacial score (nSPS) is 44.5. The van der Waals surface area contributed by atoms with Crippen molar-refractivity contribution in [1.29, 1.82) is 0 Å². The fraction of sp³-hybridized carbons (Fsp3) is 0.789. The smallest absolute Gasteiger partial charge is 0.229 e. The molecule has 6 fully saturated rings. The van der Waals surface area contributed by atoms with E-state index in [1.807, 2.05) is 0 Å². The number of ether oxygens (including phenoxy) is 2. The molecule has 2 amide bonds. The van der Waals surface area contributed by atoms with Gasteiger partial charge >= 0.3 is 0 Å². The SMILES string of the molecule is C[C@H]1CC[C@@]2(OC1)O[C@H]1C[C@H]3[C@@H]4CC[C@@H]5CC(NC(=O)CC(=O)NCCc6ccc(O)c(O)c6)CC[C@]5(C)[C@H]4CC[C@]3(C)[C@H]1[C@@H]2C. The quantitative estimate of drug-likeness (QED) is 0.222. The number of phenols is 2. The molecule has 0 aromatic heterocycles. The number of benzene rings is 1. The molecule has 0 radical (unpaired) electrons. The molecule has 46 heavy (non-hydrogen) atoms. The van der Waals surface area contributed by atoms with E-state index in [0.717, 1.165) is 55.6 Å².